The standard InChI is InChI=1S/C12H18N2O/c1-8(2)12(15)7-10-6-11(9-4-5-9)13-14(10)3/h6,8-9H,4-5,7H2,1-3H3. The molecule has 3 heteroatoms. The van der Waals surface area contributed by atoms with Gasteiger partial charge in [-0.05, 0) is 18.9 Å². The van der Waals surface area contributed by atoms with Crippen LogP contribution >= 0.6 is 0 Å². The van der Waals surface area contributed by atoms with E-state index in [9.17, 15) is 4.79 Å². The quantitative estimate of drug-likeness (QED) is 0.755. The minimum absolute atomic E-state index is 0.115. The smallest absolute Gasteiger partial charge is 0.141 e. The molecular formula is C12H18N2O. The Morgan fingerprint density at radius 2 is 2.27 bits per heavy atom. The molecule has 82 valence electrons. The fourth-order valence-electron chi connectivity index (χ4n) is 1.66. The van der Waals surface area contributed by atoms with E-state index in [4.69, 9.17) is 0 Å². The second-order valence-corrected chi connectivity index (χ2v) is 4.76. The Morgan fingerprint density at radius 3 is 2.80 bits per heavy atom. The lowest BCUT2D eigenvalue weighted by Crippen LogP contribution is -2.12. The van der Waals surface area contributed by atoms with Crippen LogP contribution in [-0.4, -0.2) is 15.6 Å². The van der Waals surface area contributed by atoms with Crippen molar-refractivity contribution in [2.45, 2.75) is 39.0 Å². The average molecular weight is 206 g/mol. The summed E-state index contributed by atoms with van der Waals surface area (Å²) in [6.45, 7) is 3.89. The molecule has 1 heterocycles. The molecular weight excluding hydrogens is 188 g/mol. The van der Waals surface area contributed by atoms with Crippen LogP contribution in [0.5, 0.6) is 0 Å². The maximum absolute atomic E-state index is 11.6. The highest BCUT2D eigenvalue weighted by Gasteiger charge is 2.27. The number of ketones is 1. The average Bonchev–Trinajstić information content (AvgIpc) is 2.93. The largest absolute Gasteiger partial charge is 0.299 e. The molecule has 0 unspecified atom stereocenters. The lowest BCUT2D eigenvalue weighted by atomic mass is 10.0. The van der Waals surface area contributed by atoms with Gasteiger partial charge in [-0.1, -0.05) is 13.8 Å². The lowest BCUT2D eigenvalue weighted by molar-refractivity contribution is -0.121. The van der Waals surface area contributed by atoms with Crippen LogP contribution in [-0.2, 0) is 18.3 Å². The summed E-state index contributed by atoms with van der Waals surface area (Å²) in [4.78, 5) is 11.6. The number of Topliss-reactive ketones (excluding diaryl/α,β-unsaturated/α-hetero) is 1. The third-order valence-electron chi connectivity index (χ3n) is 2.99. The monoisotopic (exact) mass is 206 g/mol. The summed E-state index contributed by atoms with van der Waals surface area (Å²) in [7, 11) is 1.93. The number of rotatable bonds is 4. The summed E-state index contributed by atoms with van der Waals surface area (Å²) >= 11 is 0. The molecule has 0 atom stereocenters. The molecule has 15 heavy (non-hydrogen) atoms. The highest BCUT2D eigenvalue weighted by molar-refractivity contribution is 5.82. The predicted octanol–water partition coefficient (Wildman–Crippen LogP) is 2.07. The van der Waals surface area contributed by atoms with Gasteiger partial charge >= 0.3 is 0 Å². The Bertz CT molecular complexity index is 375. The van der Waals surface area contributed by atoms with Crippen molar-refractivity contribution in [2.75, 3.05) is 0 Å². The number of aromatic nitrogens is 2. The summed E-state index contributed by atoms with van der Waals surface area (Å²) in [5.41, 5.74) is 2.22. The lowest BCUT2D eigenvalue weighted by Gasteiger charge is -2.03. The van der Waals surface area contributed by atoms with Crippen LogP contribution in [0.25, 0.3) is 0 Å². The fourth-order valence-corrected chi connectivity index (χ4v) is 1.66. The van der Waals surface area contributed by atoms with Crippen molar-refractivity contribution < 1.29 is 4.79 Å². The van der Waals surface area contributed by atoms with Gasteiger partial charge in [-0.15, -0.1) is 0 Å². The number of hydrogen-bond acceptors (Lipinski definition) is 2. The maximum Gasteiger partial charge on any atom is 0.141 e. The number of aryl methyl sites for hydroxylation is 1. The molecule has 0 saturated heterocycles. The van der Waals surface area contributed by atoms with Gasteiger partial charge in [0.1, 0.15) is 5.78 Å². The molecule has 1 fully saturated rings. The molecule has 0 aromatic carbocycles. The first kappa shape index (κ1) is 10.4. The third-order valence-corrected chi connectivity index (χ3v) is 2.99. The maximum atomic E-state index is 11.6. The Hall–Kier alpha value is -1.12. The van der Waals surface area contributed by atoms with Gasteiger partial charge < -0.3 is 0 Å². The Labute approximate surface area is 90.5 Å². The Morgan fingerprint density at radius 1 is 1.60 bits per heavy atom. The molecule has 1 saturated carbocycles. The van der Waals surface area contributed by atoms with Crippen LogP contribution < -0.4 is 0 Å². The first-order valence-corrected chi connectivity index (χ1v) is 5.63. The first-order chi connectivity index (χ1) is 7.08. The minimum Gasteiger partial charge on any atom is -0.299 e. The van der Waals surface area contributed by atoms with Gasteiger partial charge in [-0.3, -0.25) is 9.48 Å². The summed E-state index contributed by atoms with van der Waals surface area (Å²) in [5.74, 6) is 1.07. The topological polar surface area (TPSA) is 34.9 Å². The highest BCUT2D eigenvalue weighted by Crippen LogP contribution is 2.39. The molecule has 1 aliphatic rings. The molecule has 0 radical (unpaired) electrons. The summed E-state index contributed by atoms with van der Waals surface area (Å²) in [6.07, 6.45) is 3.04. The van der Waals surface area contributed by atoms with E-state index in [1.54, 1.807) is 0 Å². The van der Waals surface area contributed by atoms with Gasteiger partial charge in [0.25, 0.3) is 0 Å². The van der Waals surface area contributed by atoms with E-state index in [2.05, 4.69) is 11.2 Å². The van der Waals surface area contributed by atoms with E-state index in [0.717, 1.165) is 5.69 Å². The summed E-state index contributed by atoms with van der Waals surface area (Å²) < 4.78 is 1.86. The van der Waals surface area contributed by atoms with E-state index in [-0.39, 0.29) is 5.92 Å². The molecule has 1 aromatic heterocycles. The van der Waals surface area contributed by atoms with Crippen LogP contribution in [0.1, 0.15) is 44.0 Å². The number of nitrogens with zero attached hydrogens (tertiary/aromatic N) is 2. The predicted molar refractivity (Wildman–Crippen MR) is 58.7 cm³/mol. The SMILES string of the molecule is CC(C)C(=O)Cc1cc(C2CC2)nn1C. The normalized spacial score (nSPS) is 16.0. The Kier molecular flexibility index (Phi) is 2.63. The fraction of sp³-hybridized carbons (Fsp3) is 0.667. The van der Waals surface area contributed by atoms with Gasteiger partial charge in [0.15, 0.2) is 0 Å². The van der Waals surface area contributed by atoms with Crippen LogP contribution in [0.4, 0.5) is 0 Å². The van der Waals surface area contributed by atoms with E-state index in [1.807, 2.05) is 25.6 Å². The first-order valence-electron chi connectivity index (χ1n) is 5.63. The van der Waals surface area contributed by atoms with Crippen molar-refractivity contribution in [2.24, 2.45) is 13.0 Å². The molecule has 0 aliphatic heterocycles. The zero-order valence-electron chi connectivity index (χ0n) is 9.66. The van der Waals surface area contributed by atoms with Crippen LogP contribution in [0.2, 0.25) is 0 Å². The van der Waals surface area contributed by atoms with Gasteiger partial charge in [-0.25, -0.2) is 0 Å². The van der Waals surface area contributed by atoms with Crippen molar-refractivity contribution in [3.05, 3.63) is 17.5 Å². The summed E-state index contributed by atoms with van der Waals surface area (Å²) in [5, 5.41) is 4.45. The third kappa shape index (κ3) is 2.28. The zero-order valence-corrected chi connectivity index (χ0v) is 9.66. The van der Waals surface area contributed by atoms with Gasteiger partial charge in [0.05, 0.1) is 5.69 Å². The molecule has 0 amide bonds. The second kappa shape index (κ2) is 3.80. The molecule has 2 rings (SSSR count). The van der Waals surface area contributed by atoms with Crippen molar-refractivity contribution in [1.29, 1.82) is 0 Å². The van der Waals surface area contributed by atoms with Crippen LogP contribution in [0.15, 0.2) is 6.07 Å². The van der Waals surface area contributed by atoms with E-state index in [0.29, 0.717) is 18.1 Å². The molecule has 1 aliphatic carbocycles. The van der Waals surface area contributed by atoms with E-state index < -0.39 is 0 Å². The number of hydrogen-bond donors (Lipinski definition) is 0. The second-order valence-electron chi connectivity index (χ2n) is 4.76. The number of carbonyl (C=O) groups excluding carboxylic acids is 1. The molecule has 0 bridgehead atoms. The van der Waals surface area contributed by atoms with E-state index >= 15 is 0 Å². The molecule has 1 aromatic rings. The Balaban J connectivity index is 2.10. The molecule has 0 N–H and O–H groups in total. The molecule has 3 nitrogen and oxygen atoms in total. The van der Waals surface area contributed by atoms with Crippen LogP contribution in [0, 0.1) is 5.92 Å². The zero-order chi connectivity index (χ0) is 11.0. The van der Waals surface area contributed by atoms with Crippen molar-refractivity contribution >= 4 is 5.78 Å². The van der Waals surface area contributed by atoms with Crippen molar-refractivity contribution in [3.8, 4) is 0 Å². The highest BCUT2D eigenvalue weighted by atomic mass is 16.1. The van der Waals surface area contributed by atoms with Gasteiger partial charge in [0, 0.05) is 31.0 Å². The number of carbonyl (C=O) groups is 1. The van der Waals surface area contributed by atoms with Crippen molar-refractivity contribution in [3.63, 3.8) is 0 Å². The van der Waals surface area contributed by atoms with Gasteiger partial charge in [0.2, 0.25) is 0 Å². The molecule has 0 spiro atoms. The summed E-state index contributed by atoms with van der Waals surface area (Å²) in [6, 6.07) is 2.10. The van der Waals surface area contributed by atoms with E-state index in [1.165, 1.54) is 18.5 Å². The minimum atomic E-state index is 0.115. The van der Waals surface area contributed by atoms with Crippen LogP contribution in [0.3, 0.4) is 0 Å². The van der Waals surface area contributed by atoms with Crippen molar-refractivity contribution in [1.82, 2.24) is 9.78 Å². The van der Waals surface area contributed by atoms with Gasteiger partial charge in [-0.2, -0.15) is 5.10 Å².